The van der Waals surface area contributed by atoms with E-state index in [1.54, 1.807) is 0 Å². The van der Waals surface area contributed by atoms with Crippen LogP contribution in [0.15, 0.2) is 0 Å². The summed E-state index contributed by atoms with van der Waals surface area (Å²) in [7, 11) is 0. The molecule has 0 bridgehead atoms. The first-order valence-corrected chi connectivity index (χ1v) is 8.95. The molecule has 1 N–H and O–H groups in total. The van der Waals surface area contributed by atoms with Crippen LogP contribution in [0.5, 0.6) is 0 Å². The number of carbonyl (C=O) groups excluding carboxylic acids is 1. The van der Waals surface area contributed by atoms with Crippen molar-refractivity contribution in [2.75, 3.05) is 26.2 Å². The van der Waals surface area contributed by atoms with Gasteiger partial charge in [0.15, 0.2) is 0 Å². The molecular weight excluding hydrogens is 264 g/mol. The summed E-state index contributed by atoms with van der Waals surface area (Å²) in [4.78, 5) is 15.7. The summed E-state index contributed by atoms with van der Waals surface area (Å²) in [5, 5.41) is 3.52. The Bertz CT molecular complexity index is 412. The second kappa shape index (κ2) is 5.54. The predicted molar refractivity (Wildman–Crippen MR) is 81.0 cm³/mol. The molecule has 2 unspecified atom stereocenters. The van der Waals surface area contributed by atoms with Crippen LogP contribution < -0.4 is 5.32 Å². The molecular formula is C17H28N2O2. The molecule has 118 valence electrons. The average molecular weight is 292 g/mol. The zero-order chi connectivity index (χ0) is 14.3. The van der Waals surface area contributed by atoms with Gasteiger partial charge in [0.2, 0.25) is 5.91 Å². The van der Waals surface area contributed by atoms with Crippen molar-refractivity contribution < 1.29 is 9.53 Å². The first kappa shape index (κ1) is 14.0. The first-order valence-electron chi connectivity index (χ1n) is 8.95. The van der Waals surface area contributed by atoms with Crippen LogP contribution in [0.2, 0.25) is 0 Å². The predicted octanol–water partition coefficient (Wildman–Crippen LogP) is 1.94. The maximum atomic E-state index is 13.4. The Hall–Kier alpha value is -0.610. The molecule has 0 aromatic heterocycles. The van der Waals surface area contributed by atoms with Gasteiger partial charge in [-0.3, -0.25) is 4.79 Å². The van der Waals surface area contributed by atoms with E-state index in [9.17, 15) is 4.79 Å². The molecule has 4 atom stereocenters. The molecule has 0 spiro atoms. The molecule has 4 fully saturated rings. The molecule has 4 rings (SSSR count). The minimum Gasteiger partial charge on any atom is -0.374 e. The summed E-state index contributed by atoms with van der Waals surface area (Å²) in [6.07, 6.45) is 9.97. The molecule has 4 aliphatic rings. The molecule has 4 heteroatoms. The number of rotatable bonds is 1. The van der Waals surface area contributed by atoms with Crippen LogP contribution in [0, 0.1) is 11.3 Å². The number of amides is 1. The summed E-state index contributed by atoms with van der Waals surface area (Å²) in [5.74, 6) is 1.03. The number of morpholine rings is 1. The molecule has 0 radical (unpaired) electrons. The molecule has 2 aliphatic heterocycles. The van der Waals surface area contributed by atoms with Crippen molar-refractivity contribution in [3.05, 3.63) is 0 Å². The molecule has 2 heterocycles. The lowest BCUT2D eigenvalue weighted by molar-refractivity contribution is -0.163. The highest BCUT2D eigenvalue weighted by atomic mass is 16.5. The smallest absolute Gasteiger partial charge is 0.230 e. The normalized spacial score (nSPS) is 43.2. The molecule has 21 heavy (non-hydrogen) atoms. The Kier molecular flexibility index (Phi) is 3.70. The van der Waals surface area contributed by atoms with Crippen LogP contribution >= 0.6 is 0 Å². The highest BCUT2D eigenvalue weighted by molar-refractivity contribution is 5.84. The van der Waals surface area contributed by atoms with Crippen molar-refractivity contribution in [2.45, 2.75) is 63.5 Å². The Morgan fingerprint density at radius 2 is 2.00 bits per heavy atom. The van der Waals surface area contributed by atoms with Crippen molar-refractivity contribution in [3.63, 3.8) is 0 Å². The highest BCUT2D eigenvalue weighted by Gasteiger charge is 2.53. The second-order valence-corrected chi connectivity index (χ2v) is 7.49. The van der Waals surface area contributed by atoms with Crippen molar-refractivity contribution in [1.82, 2.24) is 10.2 Å². The van der Waals surface area contributed by atoms with Crippen molar-refractivity contribution in [3.8, 4) is 0 Å². The zero-order valence-electron chi connectivity index (χ0n) is 13.0. The molecule has 2 saturated heterocycles. The minimum atomic E-state index is -0.0857. The van der Waals surface area contributed by atoms with Gasteiger partial charge in [0.1, 0.15) is 0 Å². The lowest BCUT2D eigenvalue weighted by Gasteiger charge is -2.48. The van der Waals surface area contributed by atoms with E-state index in [4.69, 9.17) is 4.74 Å². The van der Waals surface area contributed by atoms with E-state index in [1.165, 1.54) is 32.1 Å². The zero-order valence-corrected chi connectivity index (χ0v) is 13.0. The molecule has 1 amide bonds. The van der Waals surface area contributed by atoms with Gasteiger partial charge in [-0.05, 0) is 38.1 Å². The molecule has 2 saturated carbocycles. The van der Waals surface area contributed by atoms with Gasteiger partial charge >= 0.3 is 0 Å². The van der Waals surface area contributed by atoms with Gasteiger partial charge in [0.05, 0.1) is 24.2 Å². The maximum Gasteiger partial charge on any atom is 0.230 e. The number of hydrogen-bond acceptors (Lipinski definition) is 3. The van der Waals surface area contributed by atoms with E-state index in [2.05, 4.69) is 10.2 Å². The summed E-state index contributed by atoms with van der Waals surface area (Å²) in [6, 6.07) is 0.359. The monoisotopic (exact) mass is 292 g/mol. The SMILES string of the molecule is O=C(N1CCOC2CCCCC21)[C@@]12CCCC[C@H]1CNC2. The summed E-state index contributed by atoms with van der Waals surface area (Å²) in [5.41, 5.74) is -0.0857. The fourth-order valence-electron chi connectivity index (χ4n) is 5.30. The van der Waals surface area contributed by atoms with Crippen LogP contribution in [-0.4, -0.2) is 49.2 Å². The van der Waals surface area contributed by atoms with Crippen LogP contribution in [0.3, 0.4) is 0 Å². The Morgan fingerprint density at radius 3 is 2.95 bits per heavy atom. The fourth-order valence-corrected chi connectivity index (χ4v) is 5.30. The number of ether oxygens (including phenoxy) is 1. The van der Waals surface area contributed by atoms with E-state index in [1.807, 2.05) is 0 Å². The Balaban J connectivity index is 1.58. The Labute approximate surface area is 127 Å². The molecule has 0 aromatic carbocycles. The topological polar surface area (TPSA) is 41.6 Å². The van der Waals surface area contributed by atoms with Gasteiger partial charge in [0, 0.05) is 13.1 Å². The number of nitrogens with one attached hydrogen (secondary N) is 1. The first-order chi connectivity index (χ1) is 10.3. The van der Waals surface area contributed by atoms with Crippen LogP contribution in [-0.2, 0) is 9.53 Å². The van der Waals surface area contributed by atoms with Crippen LogP contribution in [0.4, 0.5) is 0 Å². The third kappa shape index (κ3) is 2.22. The maximum absolute atomic E-state index is 13.4. The standard InChI is InChI=1S/C17H28N2O2/c20-16(17-8-4-3-5-13(17)11-18-12-17)19-9-10-21-15-7-2-1-6-14(15)19/h13-15,18H,1-12H2/t13-,14?,15?,17+/m0/s1. The average Bonchev–Trinajstić information content (AvgIpc) is 2.99. The van der Waals surface area contributed by atoms with Gasteiger partial charge < -0.3 is 15.0 Å². The van der Waals surface area contributed by atoms with Crippen LogP contribution in [0.25, 0.3) is 0 Å². The van der Waals surface area contributed by atoms with E-state index in [0.717, 1.165) is 45.5 Å². The van der Waals surface area contributed by atoms with Gasteiger partial charge in [-0.1, -0.05) is 25.7 Å². The lowest BCUT2D eigenvalue weighted by Crippen LogP contribution is -2.60. The molecule has 2 aliphatic carbocycles. The number of carbonyl (C=O) groups is 1. The number of fused-ring (bicyclic) bond motifs is 2. The van der Waals surface area contributed by atoms with Crippen LogP contribution in [0.1, 0.15) is 51.4 Å². The minimum absolute atomic E-state index is 0.0857. The second-order valence-electron chi connectivity index (χ2n) is 7.49. The van der Waals surface area contributed by atoms with E-state index >= 15 is 0 Å². The van der Waals surface area contributed by atoms with Gasteiger partial charge in [-0.25, -0.2) is 0 Å². The summed E-state index contributed by atoms with van der Waals surface area (Å²) < 4.78 is 5.95. The summed E-state index contributed by atoms with van der Waals surface area (Å²) in [6.45, 7) is 3.50. The fraction of sp³-hybridized carbons (Fsp3) is 0.941. The third-order valence-corrected chi connectivity index (χ3v) is 6.46. The lowest BCUT2D eigenvalue weighted by atomic mass is 9.67. The quantitative estimate of drug-likeness (QED) is 0.803. The van der Waals surface area contributed by atoms with Crippen molar-refractivity contribution in [2.24, 2.45) is 11.3 Å². The van der Waals surface area contributed by atoms with E-state index < -0.39 is 0 Å². The molecule has 0 aromatic rings. The van der Waals surface area contributed by atoms with Crippen molar-refractivity contribution in [1.29, 1.82) is 0 Å². The van der Waals surface area contributed by atoms with E-state index in [-0.39, 0.29) is 5.41 Å². The van der Waals surface area contributed by atoms with Crippen molar-refractivity contribution >= 4 is 5.91 Å². The molecule has 4 nitrogen and oxygen atoms in total. The number of nitrogens with zero attached hydrogens (tertiary/aromatic N) is 1. The van der Waals surface area contributed by atoms with E-state index in [0.29, 0.717) is 24.0 Å². The van der Waals surface area contributed by atoms with Gasteiger partial charge in [-0.15, -0.1) is 0 Å². The Morgan fingerprint density at radius 1 is 1.14 bits per heavy atom. The largest absolute Gasteiger partial charge is 0.374 e. The number of hydrogen-bond donors (Lipinski definition) is 1. The summed E-state index contributed by atoms with van der Waals surface area (Å²) >= 11 is 0. The van der Waals surface area contributed by atoms with Gasteiger partial charge in [0.25, 0.3) is 0 Å². The highest BCUT2D eigenvalue weighted by Crippen LogP contribution is 2.46. The van der Waals surface area contributed by atoms with Gasteiger partial charge in [-0.2, -0.15) is 0 Å². The third-order valence-electron chi connectivity index (χ3n) is 6.46.